The van der Waals surface area contributed by atoms with E-state index in [4.69, 9.17) is 5.11 Å². The molecule has 8 heteroatoms. The van der Waals surface area contributed by atoms with Crippen LogP contribution in [0, 0.1) is 10.1 Å². The molecule has 0 aromatic carbocycles. The summed E-state index contributed by atoms with van der Waals surface area (Å²) < 4.78 is 0. The summed E-state index contributed by atoms with van der Waals surface area (Å²) in [5.74, 6) is -0.950. The minimum Gasteiger partial charge on any atom is -0.480 e. The molecular formula is C8H9N3O4S. The lowest BCUT2D eigenvalue weighted by Crippen LogP contribution is -2.15. The van der Waals surface area contributed by atoms with Crippen LogP contribution in [-0.2, 0) is 4.79 Å². The predicted molar refractivity (Wildman–Crippen MR) is 56.3 cm³/mol. The van der Waals surface area contributed by atoms with Crippen molar-refractivity contribution in [2.45, 2.75) is 23.8 Å². The van der Waals surface area contributed by atoms with Crippen LogP contribution in [0.2, 0.25) is 0 Å². The van der Waals surface area contributed by atoms with Gasteiger partial charge in [0, 0.05) is 0 Å². The highest BCUT2D eigenvalue weighted by Crippen LogP contribution is 2.22. The molecule has 1 aromatic heterocycles. The van der Waals surface area contributed by atoms with Crippen molar-refractivity contribution in [1.82, 2.24) is 9.97 Å². The van der Waals surface area contributed by atoms with Crippen molar-refractivity contribution in [3.05, 3.63) is 22.5 Å². The molecule has 1 unspecified atom stereocenters. The first-order valence-electron chi connectivity index (χ1n) is 4.40. The molecule has 1 N–H and O–H groups in total. The van der Waals surface area contributed by atoms with E-state index in [9.17, 15) is 14.9 Å². The maximum Gasteiger partial charge on any atom is 0.317 e. The average Bonchev–Trinajstić information content (AvgIpc) is 2.26. The van der Waals surface area contributed by atoms with Gasteiger partial charge < -0.3 is 5.11 Å². The van der Waals surface area contributed by atoms with E-state index < -0.39 is 16.1 Å². The number of carbonyl (C=O) groups is 1. The van der Waals surface area contributed by atoms with E-state index in [-0.39, 0.29) is 10.8 Å². The number of carboxylic acid groups (broad SMARTS) is 1. The van der Waals surface area contributed by atoms with Crippen molar-refractivity contribution in [2.75, 3.05) is 0 Å². The largest absolute Gasteiger partial charge is 0.480 e. The Morgan fingerprint density at radius 2 is 2.19 bits per heavy atom. The summed E-state index contributed by atoms with van der Waals surface area (Å²) in [7, 11) is 0. The summed E-state index contributed by atoms with van der Waals surface area (Å²) in [5, 5.41) is 18.7. The van der Waals surface area contributed by atoms with Crippen LogP contribution in [-0.4, -0.2) is 31.2 Å². The van der Waals surface area contributed by atoms with Crippen LogP contribution in [0.15, 0.2) is 17.6 Å². The van der Waals surface area contributed by atoms with Crippen LogP contribution in [0.1, 0.15) is 13.3 Å². The SMILES string of the molecule is CCC(Sc1ncc([N+](=O)[O-])cn1)C(=O)O. The summed E-state index contributed by atoms with van der Waals surface area (Å²) in [6, 6.07) is 0. The summed E-state index contributed by atoms with van der Waals surface area (Å²) in [4.78, 5) is 27.9. The highest BCUT2D eigenvalue weighted by Gasteiger charge is 2.18. The smallest absolute Gasteiger partial charge is 0.317 e. The van der Waals surface area contributed by atoms with Crippen LogP contribution in [0.5, 0.6) is 0 Å². The van der Waals surface area contributed by atoms with Gasteiger partial charge in [-0.25, -0.2) is 9.97 Å². The lowest BCUT2D eigenvalue weighted by molar-refractivity contribution is -0.385. The van der Waals surface area contributed by atoms with E-state index in [0.717, 1.165) is 24.2 Å². The zero-order valence-corrected chi connectivity index (χ0v) is 9.18. The molecule has 1 rings (SSSR count). The monoisotopic (exact) mass is 243 g/mol. The maximum atomic E-state index is 10.7. The normalized spacial score (nSPS) is 12.1. The molecule has 1 atom stereocenters. The Morgan fingerprint density at radius 1 is 1.62 bits per heavy atom. The van der Waals surface area contributed by atoms with Gasteiger partial charge in [0.05, 0.1) is 4.92 Å². The highest BCUT2D eigenvalue weighted by molar-refractivity contribution is 8.00. The molecule has 0 radical (unpaired) electrons. The van der Waals surface area contributed by atoms with E-state index in [0.29, 0.717) is 6.42 Å². The van der Waals surface area contributed by atoms with Crippen LogP contribution < -0.4 is 0 Å². The summed E-state index contributed by atoms with van der Waals surface area (Å²) in [5.41, 5.74) is -0.215. The lowest BCUT2D eigenvalue weighted by atomic mass is 10.3. The second-order valence-electron chi connectivity index (χ2n) is 2.83. The Bertz CT molecular complexity index is 395. The first kappa shape index (κ1) is 12.4. The summed E-state index contributed by atoms with van der Waals surface area (Å²) in [6.45, 7) is 1.73. The Labute approximate surface area is 95.1 Å². The zero-order chi connectivity index (χ0) is 12.1. The third-order valence-corrected chi connectivity index (χ3v) is 2.96. The number of carboxylic acids is 1. The number of nitrogens with zero attached hydrogens (tertiary/aromatic N) is 3. The molecule has 1 aromatic rings. The second-order valence-corrected chi connectivity index (χ2v) is 4.00. The van der Waals surface area contributed by atoms with Gasteiger partial charge in [0.2, 0.25) is 0 Å². The molecular weight excluding hydrogens is 234 g/mol. The Kier molecular flexibility index (Phi) is 4.18. The fourth-order valence-corrected chi connectivity index (χ4v) is 1.65. The number of rotatable bonds is 5. The summed E-state index contributed by atoms with van der Waals surface area (Å²) in [6.07, 6.45) is 2.55. The minimum atomic E-state index is -0.950. The molecule has 0 bridgehead atoms. The molecule has 16 heavy (non-hydrogen) atoms. The molecule has 7 nitrogen and oxygen atoms in total. The van der Waals surface area contributed by atoms with Gasteiger partial charge >= 0.3 is 11.7 Å². The standard InChI is InChI=1S/C8H9N3O4S/c1-2-6(7(12)13)16-8-9-3-5(4-10-8)11(14)15/h3-4,6H,2H2,1H3,(H,12,13). The third kappa shape index (κ3) is 3.16. The second kappa shape index (κ2) is 5.40. The molecule has 86 valence electrons. The fraction of sp³-hybridized carbons (Fsp3) is 0.375. The third-order valence-electron chi connectivity index (χ3n) is 1.72. The van der Waals surface area contributed by atoms with Gasteiger partial charge in [0.1, 0.15) is 17.6 Å². The van der Waals surface area contributed by atoms with Gasteiger partial charge in [0.15, 0.2) is 5.16 Å². The zero-order valence-electron chi connectivity index (χ0n) is 8.36. The topological polar surface area (TPSA) is 106 Å². The maximum absolute atomic E-state index is 10.7. The highest BCUT2D eigenvalue weighted by atomic mass is 32.2. The average molecular weight is 243 g/mol. The lowest BCUT2D eigenvalue weighted by Gasteiger charge is -2.06. The molecule has 0 saturated heterocycles. The van der Waals surface area contributed by atoms with Crippen LogP contribution in [0.3, 0.4) is 0 Å². The van der Waals surface area contributed by atoms with Gasteiger partial charge in [0.25, 0.3) is 0 Å². The molecule has 0 spiro atoms. The summed E-state index contributed by atoms with van der Waals surface area (Å²) >= 11 is 0.973. The molecule has 0 aliphatic rings. The fourth-order valence-electron chi connectivity index (χ4n) is 0.900. The van der Waals surface area contributed by atoms with Crippen LogP contribution >= 0.6 is 11.8 Å². The number of aromatic nitrogens is 2. The molecule has 0 amide bonds. The van der Waals surface area contributed by atoms with Crippen molar-refractivity contribution >= 4 is 23.4 Å². The van der Waals surface area contributed by atoms with E-state index in [1.165, 1.54) is 0 Å². The van der Waals surface area contributed by atoms with Crippen molar-refractivity contribution in [1.29, 1.82) is 0 Å². The number of hydrogen-bond donors (Lipinski definition) is 1. The quantitative estimate of drug-likeness (QED) is 0.360. The molecule has 0 fully saturated rings. The van der Waals surface area contributed by atoms with Gasteiger partial charge in [-0.3, -0.25) is 14.9 Å². The van der Waals surface area contributed by atoms with Gasteiger partial charge in [-0.1, -0.05) is 18.7 Å². The number of thioether (sulfide) groups is 1. The molecule has 0 aliphatic heterocycles. The number of hydrogen-bond acceptors (Lipinski definition) is 6. The van der Waals surface area contributed by atoms with Gasteiger partial charge in [-0.2, -0.15) is 0 Å². The van der Waals surface area contributed by atoms with Crippen LogP contribution in [0.4, 0.5) is 5.69 Å². The molecule has 0 saturated carbocycles. The predicted octanol–water partition coefficient (Wildman–Crippen LogP) is 1.34. The van der Waals surface area contributed by atoms with Crippen LogP contribution in [0.25, 0.3) is 0 Å². The van der Waals surface area contributed by atoms with Crippen molar-refractivity contribution in [2.24, 2.45) is 0 Å². The molecule has 1 heterocycles. The number of aliphatic carboxylic acids is 1. The van der Waals surface area contributed by atoms with E-state index in [2.05, 4.69) is 9.97 Å². The van der Waals surface area contributed by atoms with E-state index in [1.54, 1.807) is 6.92 Å². The number of nitro groups is 1. The van der Waals surface area contributed by atoms with Crippen molar-refractivity contribution in [3.8, 4) is 0 Å². The van der Waals surface area contributed by atoms with Crippen molar-refractivity contribution in [3.63, 3.8) is 0 Å². The Balaban J connectivity index is 2.75. The Morgan fingerprint density at radius 3 is 2.56 bits per heavy atom. The van der Waals surface area contributed by atoms with Crippen molar-refractivity contribution < 1.29 is 14.8 Å². The minimum absolute atomic E-state index is 0.215. The van der Waals surface area contributed by atoms with Gasteiger partial charge in [-0.15, -0.1) is 0 Å². The van der Waals surface area contributed by atoms with E-state index >= 15 is 0 Å². The molecule has 0 aliphatic carbocycles. The Hall–Kier alpha value is -1.70. The first-order chi connectivity index (χ1) is 7.54. The van der Waals surface area contributed by atoms with Gasteiger partial charge in [-0.05, 0) is 6.42 Å². The van der Waals surface area contributed by atoms with E-state index in [1.807, 2.05) is 0 Å². The first-order valence-corrected chi connectivity index (χ1v) is 5.28.